The number of rotatable bonds is 8. The Hall–Kier alpha value is -4.42. The molecule has 2 N–H and O–H groups in total. The summed E-state index contributed by atoms with van der Waals surface area (Å²) in [5, 5.41) is 22.1. The summed E-state index contributed by atoms with van der Waals surface area (Å²) < 4.78 is 23.3. The number of nitrogens with zero attached hydrogens (tertiary/aromatic N) is 4. The maximum Gasteiger partial charge on any atom is 0.256 e. The van der Waals surface area contributed by atoms with Crippen molar-refractivity contribution < 1.29 is 38.7 Å². The fourth-order valence-electron chi connectivity index (χ4n) is 6.74. The van der Waals surface area contributed by atoms with Crippen LogP contribution in [0.3, 0.4) is 0 Å². The van der Waals surface area contributed by atoms with Crippen molar-refractivity contribution >= 4 is 23.2 Å². The number of aliphatic hydroxyl groups is 2. The fraction of sp³-hybridized carbons (Fsp3) is 0.455. The van der Waals surface area contributed by atoms with Gasteiger partial charge in [0.25, 0.3) is 11.8 Å². The molecular formula is C33H40N4O8. The van der Waals surface area contributed by atoms with Crippen molar-refractivity contribution in [2.24, 2.45) is 0 Å². The molecule has 4 atom stereocenters. The minimum atomic E-state index is -0.897. The first-order chi connectivity index (χ1) is 21.5. The lowest BCUT2D eigenvalue weighted by molar-refractivity contribution is 0.0524. The van der Waals surface area contributed by atoms with Crippen LogP contribution >= 0.6 is 0 Å². The zero-order valence-corrected chi connectivity index (χ0v) is 26.1. The first kappa shape index (κ1) is 30.6. The Bertz CT molecular complexity index is 1450. The molecule has 4 aliphatic heterocycles. The lowest BCUT2D eigenvalue weighted by atomic mass is 10.1. The van der Waals surface area contributed by atoms with Gasteiger partial charge in [-0.3, -0.25) is 9.59 Å². The number of methoxy groups -OCH3 is 2. The van der Waals surface area contributed by atoms with Crippen LogP contribution in [0.4, 0.5) is 11.4 Å². The van der Waals surface area contributed by atoms with Crippen LogP contribution in [0.25, 0.3) is 0 Å². The Kier molecular flexibility index (Phi) is 8.04. The van der Waals surface area contributed by atoms with E-state index < -0.39 is 12.5 Å². The van der Waals surface area contributed by atoms with Crippen molar-refractivity contribution in [2.75, 3.05) is 64.4 Å². The van der Waals surface area contributed by atoms with E-state index in [1.54, 1.807) is 58.0 Å². The molecule has 12 nitrogen and oxygen atoms in total. The van der Waals surface area contributed by atoms with E-state index in [0.29, 0.717) is 77.9 Å². The van der Waals surface area contributed by atoms with Gasteiger partial charge in [0.1, 0.15) is 12.5 Å². The molecule has 2 amide bonds. The summed E-state index contributed by atoms with van der Waals surface area (Å²) in [7, 11) is 6.54. The summed E-state index contributed by atoms with van der Waals surface area (Å²) in [5.41, 5.74) is 3.78. The average molecular weight is 621 g/mol. The standard InChI is InChI=1S/C33H40N4O8/c1-18-10-24-32(40)34(3)22-14-28(26(42-5)12-20(22)30(38)36(24)16-18)44-8-7-9-45-29-15-23-21(13-27(29)43-6)31(39)37-17-19(2)11-25(37)33(41)35(23)4/h12-15,24-25,32-33,40-41H,1-2,7-11,16-17H2,3-6H3. The quantitative estimate of drug-likeness (QED) is 0.336. The molecule has 0 aliphatic carbocycles. The summed E-state index contributed by atoms with van der Waals surface area (Å²) in [6, 6.07) is 6.01. The van der Waals surface area contributed by atoms with Gasteiger partial charge in [-0.05, 0) is 25.0 Å². The molecule has 4 unspecified atom stereocenters. The zero-order valence-electron chi connectivity index (χ0n) is 26.1. The first-order valence-electron chi connectivity index (χ1n) is 15.0. The van der Waals surface area contributed by atoms with Crippen LogP contribution in [0, 0.1) is 0 Å². The predicted octanol–water partition coefficient (Wildman–Crippen LogP) is 2.63. The Morgan fingerprint density at radius 3 is 1.49 bits per heavy atom. The van der Waals surface area contributed by atoms with Crippen LogP contribution < -0.4 is 28.7 Å². The van der Waals surface area contributed by atoms with Gasteiger partial charge in [0.15, 0.2) is 23.0 Å². The Morgan fingerprint density at radius 1 is 0.711 bits per heavy atom. The van der Waals surface area contributed by atoms with Gasteiger partial charge in [0.05, 0.1) is 62.0 Å². The van der Waals surface area contributed by atoms with Crippen molar-refractivity contribution in [3.8, 4) is 23.0 Å². The summed E-state index contributed by atoms with van der Waals surface area (Å²) >= 11 is 0. The summed E-state index contributed by atoms with van der Waals surface area (Å²) in [5.74, 6) is 1.32. The van der Waals surface area contributed by atoms with Gasteiger partial charge in [-0.1, -0.05) is 24.3 Å². The SMILES string of the molecule is C=C1CC2C(O)N(C)c3cc(OCCCOc4cc5c(cc4OC)C(=O)N4CC(=C)CC4C(O)N5C)c(OC)cc3C(=O)N2C1. The maximum absolute atomic E-state index is 13.4. The highest BCUT2D eigenvalue weighted by atomic mass is 16.5. The maximum atomic E-state index is 13.4. The van der Waals surface area contributed by atoms with Crippen molar-refractivity contribution in [3.05, 3.63) is 59.7 Å². The minimum Gasteiger partial charge on any atom is -0.493 e. The molecule has 0 bridgehead atoms. The second kappa shape index (κ2) is 11.8. The van der Waals surface area contributed by atoms with Gasteiger partial charge in [-0.15, -0.1) is 0 Å². The van der Waals surface area contributed by atoms with E-state index in [9.17, 15) is 19.8 Å². The predicted molar refractivity (Wildman–Crippen MR) is 168 cm³/mol. The third kappa shape index (κ3) is 5.21. The number of carbonyl (C=O) groups excluding carboxylic acids is 2. The number of fused-ring (bicyclic) bond motifs is 4. The molecule has 2 aromatic carbocycles. The molecule has 12 heteroatoms. The highest BCUT2D eigenvalue weighted by Gasteiger charge is 2.44. The number of ether oxygens (including phenoxy) is 4. The number of likely N-dealkylation sites (N-methyl/N-ethyl adjacent to an activating group) is 2. The van der Waals surface area contributed by atoms with Gasteiger partial charge in [-0.25, -0.2) is 0 Å². The monoisotopic (exact) mass is 620 g/mol. The highest BCUT2D eigenvalue weighted by Crippen LogP contribution is 2.42. The van der Waals surface area contributed by atoms with Gasteiger partial charge >= 0.3 is 0 Å². The topological polar surface area (TPSA) is 124 Å². The number of carbonyl (C=O) groups is 2. The molecule has 240 valence electrons. The second-order valence-electron chi connectivity index (χ2n) is 12.0. The molecule has 6 rings (SSSR count). The third-order valence-electron chi connectivity index (χ3n) is 9.18. The van der Waals surface area contributed by atoms with E-state index in [0.717, 1.165) is 11.1 Å². The van der Waals surface area contributed by atoms with Crippen LogP contribution in [-0.2, 0) is 0 Å². The largest absolute Gasteiger partial charge is 0.493 e. The van der Waals surface area contributed by atoms with Crippen LogP contribution in [0.2, 0.25) is 0 Å². The molecule has 2 fully saturated rings. The Balaban J connectivity index is 1.15. The van der Waals surface area contributed by atoms with Crippen LogP contribution in [0.5, 0.6) is 23.0 Å². The minimum absolute atomic E-state index is 0.185. The molecule has 0 aromatic heterocycles. The highest BCUT2D eigenvalue weighted by molar-refractivity contribution is 6.03. The van der Waals surface area contributed by atoms with Crippen molar-refractivity contribution in [3.63, 3.8) is 0 Å². The number of amides is 2. The van der Waals surface area contributed by atoms with E-state index in [1.165, 1.54) is 14.2 Å². The van der Waals surface area contributed by atoms with Crippen molar-refractivity contribution in [2.45, 2.75) is 43.8 Å². The van der Waals surface area contributed by atoms with Crippen LogP contribution in [-0.4, -0.2) is 111 Å². The molecule has 45 heavy (non-hydrogen) atoms. The lowest BCUT2D eigenvalue weighted by Crippen LogP contribution is -2.47. The smallest absolute Gasteiger partial charge is 0.256 e. The molecule has 0 spiro atoms. The molecule has 2 saturated heterocycles. The van der Waals surface area contributed by atoms with E-state index in [-0.39, 0.29) is 37.1 Å². The van der Waals surface area contributed by atoms with Gasteiger partial charge in [-0.2, -0.15) is 0 Å². The van der Waals surface area contributed by atoms with E-state index in [1.807, 2.05) is 0 Å². The number of hydrogen-bond donors (Lipinski definition) is 2. The van der Waals surface area contributed by atoms with Crippen molar-refractivity contribution in [1.82, 2.24) is 9.80 Å². The summed E-state index contributed by atoms with van der Waals surface area (Å²) in [6.07, 6.45) is -0.213. The summed E-state index contributed by atoms with van der Waals surface area (Å²) in [6.45, 7) is 9.39. The number of hydrogen-bond acceptors (Lipinski definition) is 10. The van der Waals surface area contributed by atoms with E-state index >= 15 is 0 Å². The van der Waals surface area contributed by atoms with Crippen LogP contribution in [0.1, 0.15) is 40.0 Å². The molecular weight excluding hydrogens is 580 g/mol. The molecule has 4 aliphatic rings. The summed E-state index contributed by atoms with van der Waals surface area (Å²) in [4.78, 5) is 33.6. The molecule has 2 aromatic rings. The second-order valence-corrected chi connectivity index (χ2v) is 12.0. The van der Waals surface area contributed by atoms with Gasteiger partial charge < -0.3 is 48.8 Å². The lowest BCUT2D eigenvalue weighted by Gasteiger charge is -2.30. The van der Waals surface area contributed by atoms with Crippen LogP contribution in [0.15, 0.2) is 48.6 Å². The first-order valence-corrected chi connectivity index (χ1v) is 15.0. The number of aliphatic hydroxyl groups excluding tert-OH is 2. The third-order valence-corrected chi connectivity index (χ3v) is 9.18. The molecule has 4 heterocycles. The number of anilines is 2. The van der Waals surface area contributed by atoms with Gasteiger partial charge in [0.2, 0.25) is 0 Å². The van der Waals surface area contributed by atoms with Crippen molar-refractivity contribution in [1.29, 1.82) is 0 Å². The van der Waals surface area contributed by atoms with E-state index in [4.69, 9.17) is 18.9 Å². The number of benzene rings is 2. The molecule has 0 radical (unpaired) electrons. The Morgan fingerprint density at radius 2 is 1.11 bits per heavy atom. The van der Waals surface area contributed by atoms with E-state index in [2.05, 4.69) is 13.2 Å². The zero-order chi connectivity index (χ0) is 32.2. The van der Waals surface area contributed by atoms with Gasteiger partial charge in [0, 0.05) is 45.7 Å². The molecule has 0 saturated carbocycles. The fourth-order valence-corrected chi connectivity index (χ4v) is 6.74. The Labute approximate surface area is 262 Å². The normalized spacial score (nSPS) is 24.1. The average Bonchev–Trinajstić information content (AvgIpc) is 3.60.